The number of esters is 1. The summed E-state index contributed by atoms with van der Waals surface area (Å²) >= 11 is 5.90. The molecule has 1 heterocycles. The van der Waals surface area contributed by atoms with Crippen molar-refractivity contribution >= 4 is 28.5 Å². The second-order valence-electron chi connectivity index (χ2n) is 6.64. The SMILES string of the molecule is COCOc1ccc(CCOC(=O)c2c(O)c3ccc(Cl)cc3[nH]c2=O)cc1OCOC. The predicted octanol–water partition coefficient (Wildman–Crippen LogP) is 3.25. The zero-order valence-corrected chi connectivity index (χ0v) is 18.2. The highest BCUT2D eigenvalue weighted by molar-refractivity contribution is 6.31. The molecule has 0 saturated carbocycles. The lowest BCUT2D eigenvalue weighted by atomic mass is 10.1. The number of ether oxygens (including phenoxy) is 5. The van der Waals surface area contributed by atoms with Crippen molar-refractivity contribution in [1.82, 2.24) is 4.98 Å². The highest BCUT2D eigenvalue weighted by atomic mass is 35.5. The van der Waals surface area contributed by atoms with Crippen LogP contribution in [-0.4, -0.2) is 50.5 Å². The third-order valence-corrected chi connectivity index (χ3v) is 4.68. The number of halogens is 1. The standard InChI is InChI=1S/C22H22ClNO8/c1-28-11-31-17-6-3-13(9-18(17)32-12-29-2)7-8-30-22(27)19-20(25)15-5-4-14(23)10-16(15)24-21(19)26/h3-6,9-10H,7-8,11-12H2,1-2H3,(H2,24,25,26). The number of pyridine rings is 1. The number of aromatic amines is 1. The van der Waals surface area contributed by atoms with Gasteiger partial charge in [0.2, 0.25) is 0 Å². The van der Waals surface area contributed by atoms with Gasteiger partial charge in [0.05, 0.1) is 12.1 Å². The van der Waals surface area contributed by atoms with Crippen LogP contribution in [-0.2, 0) is 20.6 Å². The number of hydrogen-bond donors (Lipinski definition) is 2. The summed E-state index contributed by atoms with van der Waals surface area (Å²) in [4.78, 5) is 27.3. The minimum absolute atomic E-state index is 0.0248. The van der Waals surface area contributed by atoms with Crippen LogP contribution in [0, 0.1) is 0 Å². The van der Waals surface area contributed by atoms with Gasteiger partial charge in [-0.05, 0) is 35.9 Å². The average Bonchev–Trinajstić information content (AvgIpc) is 2.76. The highest BCUT2D eigenvalue weighted by Crippen LogP contribution is 2.29. The molecule has 0 fully saturated rings. The molecule has 0 amide bonds. The number of rotatable bonds is 10. The van der Waals surface area contributed by atoms with Gasteiger partial charge in [0, 0.05) is 31.0 Å². The van der Waals surface area contributed by atoms with E-state index in [2.05, 4.69) is 4.98 Å². The van der Waals surface area contributed by atoms with Crippen molar-refractivity contribution in [3.8, 4) is 17.2 Å². The van der Waals surface area contributed by atoms with E-state index in [1.165, 1.54) is 26.4 Å². The lowest BCUT2D eigenvalue weighted by Gasteiger charge is -2.13. The van der Waals surface area contributed by atoms with Gasteiger partial charge in [-0.3, -0.25) is 4.79 Å². The van der Waals surface area contributed by atoms with Gasteiger partial charge in [-0.25, -0.2) is 4.79 Å². The normalized spacial score (nSPS) is 10.8. The van der Waals surface area contributed by atoms with Crippen LogP contribution in [0.15, 0.2) is 41.2 Å². The Morgan fingerprint density at radius 3 is 2.47 bits per heavy atom. The first-order valence-corrected chi connectivity index (χ1v) is 9.90. The average molecular weight is 464 g/mol. The highest BCUT2D eigenvalue weighted by Gasteiger charge is 2.21. The zero-order valence-electron chi connectivity index (χ0n) is 17.5. The van der Waals surface area contributed by atoms with Crippen molar-refractivity contribution in [2.45, 2.75) is 6.42 Å². The summed E-state index contributed by atoms with van der Waals surface area (Å²) in [6, 6.07) is 9.74. The Bertz CT molecular complexity index is 1160. The molecule has 0 aliphatic heterocycles. The summed E-state index contributed by atoms with van der Waals surface area (Å²) < 4.78 is 26.0. The fourth-order valence-corrected chi connectivity index (χ4v) is 3.13. The number of carbonyl (C=O) groups excluding carboxylic acids is 1. The van der Waals surface area contributed by atoms with Crippen LogP contribution in [0.4, 0.5) is 0 Å². The van der Waals surface area contributed by atoms with E-state index < -0.39 is 22.8 Å². The van der Waals surface area contributed by atoms with E-state index in [0.717, 1.165) is 5.56 Å². The Morgan fingerprint density at radius 1 is 1.03 bits per heavy atom. The third-order valence-electron chi connectivity index (χ3n) is 4.45. The van der Waals surface area contributed by atoms with Gasteiger partial charge in [-0.2, -0.15) is 0 Å². The minimum atomic E-state index is -0.934. The van der Waals surface area contributed by atoms with Gasteiger partial charge in [-0.1, -0.05) is 17.7 Å². The Balaban J connectivity index is 1.70. The molecule has 2 N–H and O–H groups in total. The second-order valence-corrected chi connectivity index (χ2v) is 7.07. The number of hydrogen-bond acceptors (Lipinski definition) is 8. The summed E-state index contributed by atoms with van der Waals surface area (Å²) in [5, 5.41) is 11.1. The van der Waals surface area contributed by atoms with Crippen molar-refractivity contribution in [2.24, 2.45) is 0 Å². The molecule has 0 saturated heterocycles. The molecule has 10 heteroatoms. The Kier molecular flexibility index (Phi) is 7.93. The number of carbonyl (C=O) groups is 1. The van der Waals surface area contributed by atoms with E-state index in [9.17, 15) is 14.7 Å². The van der Waals surface area contributed by atoms with Crippen molar-refractivity contribution in [2.75, 3.05) is 34.4 Å². The van der Waals surface area contributed by atoms with Gasteiger partial charge in [0.25, 0.3) is 5.56 Å². The van der Waals surface area contributed by atoms with Crippen LogP contribution in [0.1, 0.15) is 15.9 Å². The molecule has 0 unspecified atom stereocenters. The van der Waals surface area contributed by atoms with Gasteiger partial charge in [0.15, 0.2) is 30.6 Å². The summed E-state index contributed by atoms with van der Waals surface area (Å²) in [6.45, 7) is 0.0473. The van der Waals surface area contributed by atoms with Gasteiger partial charge in [0.1, 0.15) is 5.75 Å². The van der Waals surface area contributed by atoms with Gasteiger partial charge in [-0.15, -0.1) is 0 Å². The molecule has 0 aliphatic rings. The first-order valence-electron chi connectivity index (χ1n) is 9.52. The molecule has 0 radical (unpaired) electrons. The maximum atomic E-state index is 12.5. The topological polar surface area (TPSA) is 116 Å². The van der Waals surface area contributed by atoms with Crippen LogP contribution < -0.4 is 15.0 Å². The summed E-state index contributed by atoms with van der Waals surface area (Å²) in [7, 11) is 3.00. The van der Waals surface area contributed by atoms with Gasteiger partial charge >= 0.3 is 5.97 Å². The molecule has 0 bridgehead atoms. The number of fused-ring (bicyclic) bond motifs is 1. The third kappa shape index (κ3) is 5.50. The maximum Gasteiger partial charge on any atom is 0.347 e. The monoisotopic (exact) mass is 463 g/mol. The van der Waals surface area contributed by atoms with E-state index in [0.29, 0.717) is 28.5 Å². The molecule has 2 aromatic carbocycles. The molecule has 0 atom stereocenters. The quantitative estimate of drug-likeness (QED) is 0.347. The molecule has 1 aromatic heterocycles. The first kappa shape index (κ1) is 23.4. The first-order chi connectivity index (χ1) is 15.4. The lowest BCUT2D eigenvalue weighted by Crippen LogP contribution is -2.20. The maximum absolute atomic E-state index is 12.5. The molecular weight excluding hydrogens is 442 g/mol. The fourth-order valence-electron chi connectivity index (χ4n) is 2.96. The molecule has 0 aliphatic carbocycles. The lowest BCUT2D eigenvalue weighted by molar-refractivity contribution is 0.0321. The number of aromatic hydroxyl groups is 1. The minimum Gasteiger partial charge on any atom is -0.506 e. The summed E-state index contributed by atoms with van der Waals surface area (Å²) in [6.07, 6.45) is 0.335. The Labute approximate surface area is 188 Å². The van der Waals surface area contributed by atoms with Crippen molar-refractivity contribution in [3.05, 3.63) is 62.9 Å². The van der Waals surface area contributed by atoms with E-state index in [-0.39, 0.29) is 25.6 Å². The van der Waals surface area contributed by atoms with Crippen molar-refractivity contribution in [1.29, 1.82) is 0 Å². The molecule has 3 rings (SSSR count). The van der Waals surface area contributed by atoms with Crippen molar-refractivity contribution in [3.63, 3.8) is 0 Å². The van der Waals surface area contributed by atoms with Crippen LogP contribution in [0.5, 0.6) is 17.2 Å². The van der Waals surface area contributed by atoms with Crippen LogP contribution in [0.2, 0.25) is 5.02 Å². The smallest absolute Gasteiger partial charge is 0.347 e. The molecule has 32 heavy (non-hydrogen) atoms. The number of methoxy groups -OCH3 is 2. The second kappa shape index (κ2) is 10.9. The predicted molar refractivity (Wildman–Crippen MR) is 117 cm³/mol. The molecule has 170 valence electrons. The fraction of sp³-hybridized carbons (Fsp3) is 0.273. The van der Waals surface area contributed by atoms with Crippen LogP contribution in [0.25, 0.3) is 10.9 Å². The molecule has 9 nitrogen and oxygen atoms in total. The number of aromatic nitrogens is 1. The summed E-state index contributed by atoms with van der Waals surface area (Å²) in [5.41, 5.74) is -0.125. The number of benzene rings is 2. The largest absolute Gasteiger partial charge is 0.506 e. The van der Waals surface area contributed by atoms with E-state index in [4.69, 9.17) is 35.3 Å². The molecule has 0 spiro atoms. The van der Waals surface area contributed by atoms with Gasteiger partial charge < -0.3 is 33.8 Å². The summed E-state index contributed by atoms with van der Waals surface area (Å²) in [5.74, 6) is -0.482. The number of nitrogens with one attached hydrogen (secondary N) is 1. The van der Waals surface area contributed by atoms with E-state index in [1.54, 1.807) is 24.3 Å². The Hall–Kier alpha value is -3.27. The van der Waals surface area contributed by atoms with E-state index in [1.807, 2.05) is 0 Å². The molecular formula is C22H22ClNO8. The van der Waals surface area contributed by atoms with Crippen LogP contribution >= 0.6 is 11.6 Å². The Morgan fingerprint density at radius 2 is 1.75 bits per heavy atom. The molecule has 3 aromatic rings. The van der Waals surface area contributed by atoms with E-state index >= 15 is 0 Å². The number of H-pyrrole nitrogens is 1. The zero-order chi connectivity index (χ0) is 23.1. The van der Waals surface area contributed by atoms with Crippen molar-refractivity contribution < 1.29 is 33.6 Å². The van der Waals surface area contributed by atoms with Crippen LogP contribution in [0.3, 0.4) is 0 Å².